The van der Waals surface area contributed by atoms with Crippen LogP contribution >= 0.6 is 0 Å². The van der Waals surface area contributed by atoms with Gasteiger partial charge in [0, 0.05) is 12.2 Å². The van der Waals surface area contributed by atoms with Gasteiger partial charge in [-0.15, -0.1) is 0 Å². The summed E-state index contributed by atoms with van der Waals surface area (Å²) in [7, 11) is -3.05. The van der Waals surface area contributed by atoms with Crippen LogP contribution in [-0.4, -0.2) is 21.5 Å². The molecule has 0 fully saturated rings. The Bertz CT molecular complexity index is 975. The van der Waals surface area contributed by atoms with E-state index in [2.05, 4.69) is 10.1 Å². The van der Waals surface area contributed by atoms with E-state index in [-0.39, 0.29) is 21.7 Å². The van der Waals surface area contributed by atoms with Crippen LogP contribution < -0.4 is 10.5 Å². The average Bonchev–Trinajstić information content (AvgIpc) is 2.58. The van der Waals surface area contributed by atoms with E-state index in [1.54, 1.807) is 0 Å². The zero-order chi connectivity index (χ0) is 20.4. The molecule has 0 aliphatic heterocycles. The van der Waals surface area contributed by atoms with Crippen LogP contribution in [0.2, 0.25) is 0 Å². The number of carbonyl (C=O) groups is 1. The zero-order valence-electron chi connectivity index (χ0n) is 13.8. The molecule has 11 heteroatoms. The summed E-state index contributed by atoms with van der Waals surface area (Å²) >= 11 is 0. The number of benzene rings is 2. The molecular weight excluding hydrogens is 392 g/mol. The van der Waals surface area contributed by atoms with Crippen molar-refractivity contribution in [2.45, 2.75) is 17.6 Å². The largest absolute Gasteiger partial charge is 0.465 e. The summed E-state index contributed by atoms with van der Waals surface area (Å²) < 4.78 is 79.7. The van der Waals surface area contributed by atoms with E-state index in [1.807, 2.05) is 0 Å². The smallest absolute Gasteiger partial charge is 0.416 e. The van der Waals surface area contributed by atoms with Crippen molar-refractivity contribution in [3.8, 4) is 0 Å². The minimum atomic E-state index is -4.78. The van der Waals surface area contributed by atoms with Crippen LogP contribution in [0.4, 0.5) is 23.2 Å². The maximum Gasteiger partial charge on any atom is 0.416 e. The average molecular weight is 406 g/mol. The first-order valence-corrected chi connectivity index (χ1v) is 8.83. The highest BCUT2D eigenvalue weighted by Crippen LogP contribution is 2.33. The van der Waals surface area contributed by atoms with E-state index in [1.165, 1.54) is 6.07 Å². The normalized spacial score (nSPS) is 11.9. The van der Waals surface area contributed by atoms with Crippen molar-refractivity contribution >= 4 is 21.7 Å². The van der Waals surface area contributed by atoms with Crippen LogP contribution in [0.5, 0.6) is 0 Å². The van der Waals surface area contributed by atoms with Gasteiger partial charge in [0.25, 0.3) is 0 Å². The fourth-order valence-electron chi connectivity index (χ4n) is 2.29. The molecule has 0 unspecified atom stereocenters. The first kappa shape index (κ1) is 20.6. The van der Waals surface area contributed by atoms with Gasteiger partial charge in [0.05, 0.1) is 23.1 Å². The third kappa shape index (κ3) is 4.95. The van der Waals surface area contributed by atoms with Crippen LogP contribution in [0.1, 0.15) is 21.5 Å². The third-order valence-electron chi connectivity index (χ3n) is 3.57. The molecule has 146 valence electrons. The first-order valence-electron chi connectivity index (χ1n) is 7.28. The molecule has 0 radical (unpaired) electrons. The molecule has 0 heterocycles. The van der Waals surface area contributed by atoms with Crippen molar-refractivity contribution in [3.63, 3.8) is 0 Å². The lowest BCUT2D eigenvalue weighted by molar-refractivity contribution is -0.138. The molecule has 6 nitrogen and oxygen atoms in total. The molecule has 27 heavy (non-hydrogen) atoms. The highest BCUT2D eigenvalue weighted by Gasteiger charge is 2.33. The summed E-state index contributed by atoms with van der Waals surface area (Å²) in [5.74, 6) is -1.96. The number of nitrogens with one attached hydrogen (secondary N) is 1. The molecule has 0 saturated carbocycles. The molecule has 2 rings (SSSR count). The number of carbonyl (C=O) groups excluding carboxylic acids is 1. The Balaban J connectivity index is 2.40. The molecule has 0 aromatic heterocycles. The number of methoxy groups -OCH3 is 1. The number of primary sulfonamides is 1. The predicted molar refractivity (Wildman–Crippen MR) is 87.9 cm³/mol. The number of hydrogen-bond acceptors (Lipinski definition) is 5. The molecule has 0 atom stereocenters. The number of halogens is 4. The van der Waals surface area contributed by atoms with Gasteiger partial charge in [0.1, 0.15) is 5.82 Å². The maximum atomic E-state index is 13.2. The SMILES string of the molecule is COC(=O)c1cc(S(N)(=O)=O)ccc1NCc1ccc(F)cc1C(F)(F)F. The van der Waals surface area contributed by atoms with Crippen LogP contribution in [-0.2, 0) is 27.5 Å². The minimum absolute atomic E-state index is 0.0201. The molecule has 0 saturated heterocycles. The lowest BCUT2D eigenvalue weighted by atomic mass is 10.1. The molecular formula is C16H14F4N2O4S. The lowest BCUT2D eigenvalue weighted by Crippen LogP contribution is -2.16. The number of ether oxygens (including phenoxy) is 1. The number of hydrogen-bond donors (Lipinski definition) is 2. The second kappa shape index (κ2) is 7.53. The number of anilines is 1. The fourth-order valence-corrected chi connectivity index (χ4v) is 2.83. The van der Waals surface area contributed by atoms with Gasteiger partial charge in [-0.25, -0.2) is 22.7 Å². The molecule has 0 aliphatic carbocycles. The number of nitrogens with two attached hydrogens (primary N) is 1. The summed E-state index contributed by atoms with van der Waals surface area (Å²) in [6.07, 6.45) is -4.78. The molecule has 0 bridgehead atoms. The van der Waals surface area contributed by atoms with Crippen LogP contribution in [0.25, 0.3) is 0 Å². The van der Waals surface area contributed by atoms with E-state index in [9.17, 15) is 30.8 Å². The molecule has 3 N–H and O–H groups in total. The Labute approximate surface area is 152 Å². The molecule has 2 aromatic rings. The lowest BCUT2D eigenvalue weighted by Gasteiger charge is -2.16. The molecule has 0 amide bonds. The van der Waals surface area contributed by atoms with Gasteiger partial charge in [-0.2, -0.15) is 13.2 Å². The number of alkyl halides is 3. The van der Waals surface area contributed by atoms with Gasteiger partial charge < -0.3 is 10.1 Å². The monoisotopic (exact) mass is 406 g/mol. The van der Waals surface area contributed by atoms with Crippen molar-refractivity contribution < 1.29 is 35.5 Å². The standard InChI is InChI=1S/C16H14F4N2O4S/c1-26-15(23)12-7-11(27(21,24)25)4-5-14(12)22-8-9-2-3-10(17)6-13(9)16(18,19)20/h2-7,22H,8H2,1H3,(H2,21,24,25). The number of esters is 1. The third-order valence-corrected chi connectivity index (χ3v) is 4.48. The molecule has 2 aromatic carbocycles. The fraction of sp³-hybridized carbons (Fsp3) is 0.188. The van der Waals surface area contributed by atoms with Crippen molar-refractivity contribution in [1.82, 2.24) is 0 Å². The van der Waals surface area contributed by atoms with Crippen molar-refractivity contribution in [2.75, 3.05) is 12.4 Å². The Hall–Kier alpha value is -2.66. The topological polar surface area (TPSA) is 98.5 Å². The summed E-state index contributed by atoms with van der Waals surface area (Å²) in [5, 5.41) is 7.60. The highest BCUT2D eigenvalue weighted by atomic mass is 32.2. The van der Waals surface area contributed by atoms with E-state index in [0.717, 1.165) is 31.4 Å². The molecule has 0 aliphatic rings. The number of sulfonamides is 1. The Morgan fingerprint density at radius 1 is 1.19 bits per heavy atom. The second-order valence-corrected chi connectivity index (χ2v) is 6.96. The zero-order valence-corrected chi connectivity index (χ0v) is 14.6. The van der Waals surface area contributed by atoms with Crippen LogP contribution in [0.15, 0.2) is 41.3 Å². The van der Waals surface area contributed by atoms with E-state index >= 15 is 0 Å². The van der Waals surface area contributed by atoms with Gasteiger partial charge in [-0.05, 0) is 35.9 Å². The predicted octanol–water partition coefficient (Wildman–Crippen LogP) is 2.89. The first-order chi connectivity index (χ1) is 12.4. The highest BCUT2D eigenvalue weighted by molar-refractivity contribution is 7.89. The summed E-state index contributed by atoms with van der Waals surface area (Å²) in [6.45, 7) is -0.409. The van der Waals surface area contributed by atoms with E-state index in [4.69, 9.17) is 5.14 Å². The van der Waals surface area contributed by atoms with Gasteiger partial charge in [0.15, 0.2) is 0 Å². The maximum absolute atomic E-state index is 13.2. The van der Waals surface area contributed by atoms with E-state index < -0.39 is 40.1 Å². The van der Waals surface area contributed by atoms with Crippen LogP contribution in [0, 0.1) is 5.82 Å². The summed E-state index contributed by atoms with van der Waals surface area (Å²) in [5.41, 5.74) is -1.66. The Morgan fingerprint density at radius 3 is 2.41 bits per heavy atom. The summed E-state index contributed by atoms with van der Waals surface area (Å²) in [6, 6.07) is 5.39. The van der Waals surface area contributed by atoms with Crippen molar-refractivity contribution in [3.05, 3.63) is 58.9 Å². The second-order valence-electron chi connectivity index (χ2n) is 5.40. The van der Waals surface area contributed by atoms with Crippen LogP contribution in [0.3, 0.4) is 0 Å². The number of rotatable bonds is 5. The summed E-state index contributed by atoms with van der Waals surface area (Å²) in [4.78, 5) is 11.5. The van der Waals surface area contributed by atoms with Gasteiger partial charge >= 0.3 is 12.1 Å². The Morgan fingerprint density at radius 2 is 1.85 bits per heavy atom. The van der Waals surface area contributed by atoms with Gasteiger partial charge in [-0.3, -0.25) is 0 Å². The van der Waals surface area contributed by atoms with Crippen molar-refractivity contribution in [2.24, 2.45) is 5.14 Å². The van der Waals surface area contributed by atoms with Gasteiger partial charge in [-0.1, -0.05) is 6.07 Å². The molecule has 0 spiro atoms. The van der Waals surface area contributed by atoms with Gasteiger partial charge in [0.2, 0.25) is 10.0 Å². The quantitative estimate of drug-likeness (QED) is 0.588. The van der Waals surface area contributed by atoms with E-state index in [0.29, 0.717) is 6.07 Å². The Kier molecular flexibility index (Phi) is 5.76. The van der Waals surface area contributed by atoms with Crippen molar-refractivity contribution in [1.29, 1.82) is 0 Å². The minimum Gasteiger partial charge on any atom is -0.465 e.